The highest BCUT2D eigenvalue weighted by Gasteiger charge is 1.95. The molecule has 0 aliphatic rings. The average molecular weight is 125 g/mol. The number of aryl methyl sites for hydroxylation is 1. The maximum absolute atomic E-state index is 9.67. The second kappa shape index (κ2) is 2.44. The highest BCUT2D eigenvalue weighted by Crippen LogP contribution is 2.06. The van der Waals surface area contributed by atoms with Gasteiger partial charge in [-0.05, 0) is 19.1 Å². The third-order valence-electron chi connectivity index (χ3n) is 1.02. The Hall–Kier alpha value is -1.12. The minimum absolute atomic E-state index is 0.133. The summed E-state index contributed by atoms with van der Waals surface area (Å²) in [6.07, 6.45) is 0. The second-order valence-electron chi connectivity index (χ2n) is 1.80. The molecule has 48 valence electrons. The molecule has 1 aromatic rings. The summed E-state index contributed by atoms with van der Waals surface area (Å²) in [7, 11) is 0. The van der Waals surface area contributed by atoms with E-state index in [1.165, 1.54) is 0 Å². The van der Waals surface area contributed by atoms with Crippen molar-refractivity contribution < 1.29 is 4.42 Å². The fourth-order valence-corrected chi connectivity index (χ4v) is 0.634. The van der Waals surface area contributed by atoms with Gasteiger partial charge in [0.1, 0.15) is 18.1 Å². The Morgan fingerprint density at radius 2 is 2.44 bits per heavy atom. The summed E-state index contributed by atoms with van der Waals surface area (Å²) >= 11 is 0. The molecule has 0 fully saturated rings. The van der Waals surface area contributed by atoms with Crippen LogP contribution in [0.3, 0.4) is 0 Å². The van der Waals surface area contributed by atoms with Gasteiger partial charge in [-0.1, -0.05) is 5.18 Å². The zero-order chi connectivity index (χ0) is 6.69. The third-order valence-corrected chi connectivity index (χ3v) is 1.02. The number of nitroso groups, excluding NO2 is 1. The molecule has 1 heterocycles. The lowest BCUT2D eigenvalue weighted by atomic mass is 10.4. The van der Waals surface area contributed by atoms with Gasteiger partial charge in [0.25, 0.3) is 0 Å². The first-order valence-electron chi connectivity index (χ1n) is 2.67. The summed E-state index contributed by atoms with van der Waals surface area (Å²) in [5.74, 6) is 1.44. The van der Waals surface area contributed by atoms with E-state index in [0.717, 1.165) is 5.76 Å². The zero-order valence-electron chi connectivity index (χ0n) is 5.13. The van der Waals surface area contributed by atoms with Gasteiger partial charge in [-0.25, -0.2) is 0 Å². The Morgan fingerprint density at radius 1 is 1.67 bits per heavy atom. The van der Waals surface area contributed by atoms with Crippen molar-refractivity contribution in [2.45, 2.75) is 13.5 Å². The average Bonchev–Trinajstić information content (AvgIpc) is 2.17. The highest BCUT2D eigenvalue weighted by atomic mass is 16.3. The third kappa shape index (κ3) is 1.38. The molecular weight excluding hydrogens is 118 g/mol. The number of hydrogen-bond donors (Lipinski definition) is 0. The summed E-state index contributed by atoms with van der Waals surface area (Å²) in [4.78, 5) is 9.67. The summed E-state index contributed by atoms with van der Waals surface area (Å²) in [5.41, 5.74) is 0. The summed E-state index contributed by atoms with van der Waals surface area (Å²) in [6.45, 7) is 1.96. The molecular formula is C6H7NO2. The van der Waals surface area contributed by atoms with Crippen LogP contribution in [0, 0.1) is 11.8 Å². The lowest BCUT2D eigenvalue weighted by molar-refractivity contribution is 0.485. The molecule has 0 atom stereocenters. The van der Waals surface area contributed by atoms with Crippen molar-refractivity contribution in [1.29, 1.82) is 0 Å². The smallest absolute Gasteiger partial charge is 0.139 e. The second-order valence-corrected chi connectivity index (χ2v) is 1.80. The van der Waals surface area contributed by atoms with E-state index in [1.54, 1.807) is 12.1 Å². The first-order chi connectivity index (χ1) is 4.33. The van der Waals surface area contributed by atoms with Crippen LogP contribution in [0.2, 0.25) is 0 Å². The molecule has 0 N–H and O–H groups in total. The van der Waals surface area contributed by atoms with Gasteiger partial charge in [0.15, 0.2) is 0 Å². The highest BCUT2D eigenvalue weighted by molar-refractivity contribution is 5.04. The number of nitrogens with zero attached hydrogens (tertiary/aromatic N) is 1. The van der Waals surface area contributed by atoms with Crippen molar-refractivity contribution in [2.75, 3.05) is 0 Å². The van der Waals surface area contributed by atoms with E-state index in [2.05, 4.69) is 5.18 Å². The van der Waals surface area contributed by atoms with Gasteiger partial charge in [0.2, 0.25) is 0 Å². The van der Waals surface area contributed by atoms with Crippen LogP contribution in [0.1, 0.15) is 11.5 Å². The SMILES string of the molecule is Cc1ccc(CN=O)o1. The zero-order valence-corrected chi connectivity index (χ0v) is 5.13. The van der Waals surface area contributed by atoms with Crippen LogP contribution in [0.25, 0.3) is 0 Å². The van der Waals surface area contributed by atoms with E-state index in [9.17, 15) is 4.91 Å². The monoisotopic (exact) mass is 125 g/mol. The lowest BCUT2D eigenvalue weighted by Crippen LogP contribution is -1.70. The van der Waals surface area contributed by atoms with Crippen LogP contribution in [0.5, 0.6) is 0 Å². The number of hydrogen-bond acceptors (Lipinski definition) is 3. The molecule has 3 heteroatoms. The maximum atomic E-state index is 9.67. The van der Waals surface area contributed by atoms with Crippen molar-refractivity contribution in [3.8, 4) is 0 Å². The van der Waals surface area contributed by atoms with Gasteiger partial charge in [0.05, 0.1) is 0 Å². The minimum Gasteiger partial charge on any atom is -0.464 e. The van der Waals surface area contributed by atoms with E-state index >= 15 is 0 Å². The van der Waals surface area contributed by atoms with Gasteiger partial charge in [-0.2, -0.15) is 4.91 Å². The Kier molecular flexibility index (Phi) is 1.63. The van der Waals surface area contributed by atoms with Crippen molar-refractivity contribution in [3.05, 3.63) is 28.6 Å². The molecule has 0 radical (unpaired) electrons. The molecule has 9 heavy (non-hydrogen) atoms. The minimum atomic E-state index is 0.133. The molecule has 0 aromatic carbocycles. The van der Waals surface area contributed by atoms with Gasteiger partial charge in [0, 0.05) is 0 Å². The molecule has 0 amide bonds. The van der Waals surface area contributed by atoms with Crippen molar-refractivity contribution in [3.63, 3.8) is 0 Å². The van der Waals surface area contributed by atoms with Crippen LogP contribution in [-0.4, -0.2) is 0 Å². The van der Waals surface area contributed by atoms with Crippen molar-refractivity contribution in [2.24, 2.45) is 5.18 Å². The van der Waals surface area contributed by atoms with Crippen molar-refractivity contribution >= 4 is 0 Å². The predicted molar refractivity (Wildman–Crippen MR) is 32.9 cm³/mol. The Balaban J connectivity index is 2.72. The molecule has 0 saturated carbocycles. The summed E-state index contributed by atoms with van der Waals surface area (Å²) < 4.78 is 5.03. The number of rotatable bonds is 2. The molecule has 1 aromatic heterocycles. The van der Waals surface area contributed by atoms with Gasteiger partial charge in [-0.3, -0.25) is 0 Å². The van der Waals surface area contributed by atoms with Crippen LogP contribution < -0.4 is 0 Å². The van der Waals surface area contributed by atoms with E-state index in [-0.39, 0.29) is 6.54 Å². The Bertz CT molecular complexity index is 205. The van der Waals surface area contributed by atoms with Crippen LogP contribution >= 0.6 is 0 Å². The van der Waals surface area contributed by atoms with Crippen LogP contribution in [0.15, 0.2) is 21.7 Å². The molecule has 1 rings (SSSR count). The normalized spacial score (nSPS) is 9.44. The Morgan fingerprint density at radius 3 is 2.89 bits per heavy atom. The Labute approximate surface area is 52.7 Å². The molecule has 3 nitrogen and oxygen atoms in total. The molecule has 0 saturated heterocycles. The van der Waals surface area contributed by atoms with Crippen molar-refractivity contribution in [1.82, 2.24) is 0 Å². The van der Waals surface area contributed by atoms with Crippen LogP contribution in [0.4, 0.5) is 0 Å². The quantitative estimate of drug-likeness (QED) is 0.566. The maximum Gasteiger partial charge on any atom is 0.139 e. The largest absolute Gasteiger partial charge is 0.464 e. The van der Waals surface area contributed by atoms with Crippen LogP contribution in [-0.2, 0) is 6.54 Å². The van der Waals surface area contributed by atoms with Gasteiger partial charge in [-0.15, -0.1) is 0 Å². The fourth-order valence-electron chi connectivity index (χ4n) is 0.634. The molecule has 0 aliphatic carbocycles. The fraction of sp³-hybridized carbons (Fsp3) is 0.333. The summed E-state index contributed by atoms with van der Waals surface area (Å²) in [5, 5.41) is 2.68. The molecule has 0 aliphatic heterocycles. The standard InChI is InChI=1S/C6H7NO2/c1-5-2-3-6(9-5)4-7-8/h2-3H,4H2,1H3. The first-order valence-corrected chi connectivity index (χ1v) is 2.67. The van der Waals surface area contributed by atoms with Gasteiger partial charge >= 0.3 is 0 Å². The molecule has 0 spiro atoms. The lowest BCUT2D eigenvalue weighted by Gasteiger charge is -1.82. The number of furan rings is 1. The first kappa shape index (κ1) is 6.01. The van der Waals surface area contributed by atoms with E-state index in [1.807, 2.05) is 6.92 Å². The van der Waals surface area contributed by atoms with E-state index in [4.69, 9.17) is 4.42 Å². The topological polar surface area (TPSA) is 42.6 Å². The molecule has 0 unspecified atom stereocenters. The van der Waals surface area contributed by atoms with E-state index < -0.39 is 0 Å². The van der Waals surface area contributed by atoms with Gasteiger partial charge < -0.3 is 4.42 Å². The summed E-state index contributed by atoms with van der Waals surface area (Å²) in [6, 6.07) is 3.55. The predicted octanol–water partition coefficient (Wildman–Crippen LogP) is 1.85. The van der Waals surface area contributed by atoms with E-state index in [0.29, 0.717) is 5.76 Å². The molecule has 0 bridgehead atoms.